The third-order valence-corrected chi connectivity index (χ3v) is 2.90. The summed E-state index contributed by atoms with van der Waals surface area (Å²) in [6.45, 7) is 3.07. The lowest BCUT2D eigenvalue weighted by Gasteiger charge is -2.34. The molecule has 1 rings (SSSR count). The smallest absolute Gasteiger partial charge is 0.324 e. The van der Waals surface area contributed by atoms with E-state index in [2.05, 4.69) is 5.32 Å². The summed E-state index contributed by atoms with van der Waals surface area (Å²) in [7, 11) is 1.61. The lowest BCUT2D eigenvalue weighted by Crippen LogP contribution is -2.56. The molecule has 0 saturated carbocycles. The Balaban J connectivity index is 2.23. The van der Waals surface area contributed by atoms with Crippen molar-refractivity contribution in [2.45, 2.75) is 18.4 Å². The van der Waals surface area contributed by atoms with E-state index < -0.39 is 11.5 Å². The van der Waals surface area contributed by atoms with Gasteiger partial charge in [-0.3, -0.25) is 10.1 Å². The molecule has 100 valence electrons. The Hall–Kier alpha value is -0.690. The fourth-order valence-corrected chi connectivity index (χ4v) is 1.79. The van der Waals surface area contributed by atoms with Crippen LogP contribution in [0, 0.1) is 0 Å². The number of rotatable bonds is 8. The van der Waals surface area contributed by atoms with E-state index in [1.165, 1.54) is 0 Å². The minimum atomic E-state index is -0.844. The van der Waals surface area contributed by atoms with Crippen LogP contribution in [0.1, 0.15) is 12.8 Å². The zero-order valence-electron chi connectivity index (χ0n) is 10.2. The molecule has 1 aliphatic rings. The zero-order chi connectivity index (χ0) is 12.6. The Morgan fingerprint density at radius 1 is 1.35 bits per heavy atom. The molecule has 0 radical (unpaired) electrons. The first-order valence-corrected chi connectivity index (χ1v) is 5.84. The van der Waals surface area contributed by atoms with Gasteiger partial charge in [-0.15, -0.1) is 0 Å². The van der Waals surface area contributed by atoms with Gasteiger partial charge in [-0.25, -0.2) is 0 Å². The molecule has 1 heterocycles. The second kappa shape index (κ2) is 7.60. The molecule has 0 aromatic carbocycles. The SMILES string of the molecule is COCCOCCNC1(C(=O)O)CCOCC1. The molecule has 2 N–H and O–H groups in total. The van der Waals surface area contributed by atoms with Crippen molar-refractivity contribution in [3.05, 3.63) is 0 Å². The summed E-state index contributed by atoms with van der Waals surface area (Å²) in [6.07, 6.45) is 1.00. The van der Waals surface area contributed by atoms with Crippen LogP contribution in [-0.2, 0) is 19.0 Å². The van der Waals surface area contributed by atoms with Crippen LogP contribution >= 0.6 is 0 Å². The van der Waals surface area contributed by atoms with Crippen molar-refractivity contribution in [3.8, 4) is 0 Å². The molecule has 1 aliphatic heterocycles. The fraction of sp³-hybridized carbons (Fsp3) is 0.909. The highest BCUT2D eigenvalue weighted by Crippen LogP contribution is 2.20. The van der Waals surface area contributed by atoms with Crippen LogP contribution in [0.25, 0.3) is 0 Å². The number of methoxy groups -OCH3 is 1. The molecule has 0 amide bonds. The van der Waals surface area contributed by atoms with Gasteiger partial charge in [0, 0.05) is 26.9 Å². The standard InChI is InChI=1S/C11H21NO5/c1-15-8-9-17-7-4-12-11(10(13)14)2-5-16-6-3-11/h12H,2-9H2,1H3,(H,13,14). The van der Waals surface area contributed by atoms with Gasteiger partial charge in [-0.1, -0.05) is 0 Å². The average Bonchev–Trinajstić information content (AvgIpc) is 2.34. The zero-order valence-corrected chi connectivity index (χ0v) is 10.2. The Morgan fingerprint density at radius 3 is 2.65 bits per heavy atom. The van der Waals surface area contributed by atoms with Crippen molar-refractivity contribution in [1.82, 2.24) is 5.32 Å². The Morgan fingerprint density at radius 2 is 2.06 bits per heavy atom. The lowest BCUT2D eigenvalue weighted by molar-refractivity contribution is -0.149. The highest BCUT2D eigenvalue weighted by molar-refractivity contribution is 5.78. The maximum absolute atomic E-state index is 11.3. The Labute approximate surface area is 101 Å². The number of carboxylic acids is 1. The molecular weight excluding hydrogens is 226 g/mol. The van der Waals surface area contributed by atoms with Gasteiger partial charge >= 0.3 is 5.97 Å². The lowest BCUT2D eigenvalue weighted by atomic mass is 9.90. The second-order valence-corrected chi connectivity index (χ2v) is 4.03. The molecular formula is C11H21NO5. The molecule has 0 atom stereocenters. The number of aliphatic carboxylic acids is 1. The monoisotopic (exact) mass is 247 g/mol. The molecule has 17 heavy (non-hydrogen) atoms. The van der Waals surface area contributed by atoms with Gasteiger partial charge in [0.15, 0.2) is 0 Å². The molecule has 0 aliphatic carbocycles. The van der Waals surface area contributed by atoms with Crippen molar-refractivity contribution in [2.24, 2.45) is 0 Å². The molecule has 1 fully saturated rings. The normalized spacial score (nSPS) is 19.1. The first kappa shape index (κ1) is 14.4. The molecule has 0 aromatic heterocycles. The van der Waals surface area contributed by atoms with Crippen LogP contribution in [0.2, 0.25) is 0 Å². The summed E-state index contributed by atoms with van der Waals surface area (Å²) in [5.74, 6) is -0.808. The Bertz CT molecular complexity index is 228. The summed E-state index contributed by atoms with van der Waals surface area (Å²) < 4.78 is 15.3. The van der Waals surface area contributed by atoms with E-state index in [4.69, 9.17) is 14.2 Å². The van der Waals surface area contributed by atoms with Gasteiger partial charge in [-0.05, 0) is 12.8 Å². The minimum absolute atomic E-state index is 0.485. The van der Waals surface area contributed by atoms with Crippen LogP contribution in [0.5, 0.6) is 0 Å². The first-order chi connectivity index (χ1) is 8.21. The number of hydrogen-bond acceptors (Lipinski definition) is 5. The van der Waals surface area contributed by atoms with E-state index in [1.807, 2.05) is 0 Å². The van der Waals surface area contributed by atoms with Crippen LogP contribution in [0.4, 0.5) is 0 Å². The summed E-state index contributed by atoms with van der Waals surface area (Å²) in [6, 6.07) is 0. The van der Waals surface area contributed by atoms with E-state index in [0.717, 1.165) is 0 Å². The van der Waals surface area contributed by atoms with Crippen molar-refractivity contribution < 1.29 is 24.1 Å². The maximum Gasteiger partial charge on any atom is 0.324 e. The topological polar surface area (TPSA) is 77.0 Å². The van der Waals surface area contributed by atoms with Crippen molar-refractivity contribution in [1.29, 1.82) is 0 Å². The summed E-state index contributed by atoms with van der Waals surface area (Å²) in [4.78, 5) is 11.3. The van der Waals surface area contributed by atoms with Crippen molar-refractivity contribution in [3.63, 3.8) is 0 Å². The molecule has 1 saturated heterocycles. The second-order valence-electron chi connectivity index (χ2n) is 4.03. The molecule has 6 nitrogen and oxygen atoms in total. The Kier molecular flexibility index (Phi) is 6.43. The van der Waals surface area contributed by atoms with Crippen LogP contribution in [-0.4, -0.2) is 63.3 Å². The number of ether oxygens (including phenoxy) is 3. The minimum Gasteiger partial charge on any atom is -0.480 e. The van der Waals surface area contributed by atoms with E-state index in [0.29, 0.717) is 52.4 Å². The molecule has 0 bridgehead atoms. The van der Waals surface area contributed by atoms with Crippen LogP contribution < -0.4 is 5.32 Å². The quantitative estimate of drug-likeness (QED) is 0.582. The van der Waals surface area contributed by atoms with Gasteiger partial charge < -0.3 is 19.3 Å². The number of nitrogens with one attached hydrogen (secondary N) is 1. The average molecular weight is 247 g/mol. The highest BCUT2D eigenvalue weighted by Gasteiger charge is 2.39. The molecule has 6 heteroatoms. The first-order valence-electron chi connectivity index (χ1n) is 5.84. The maximum atomic E-state index is 11.3. The molecule has 0 spiro atoms. The highest BCUT2D eigenvalue weighted by atomic mass is 16.5. The fourth-order valence-electron chi connectivity index (χ4n) is 1.79. The van der Waals surface area contributed by atoms with Gasteiger partial charge in [0.2, 0.25) is 0 Å². The predicted molar refractivity (Wildman–Crippen MR) is 61.1 cm³/mol. The predicted octanol–water partition coefficient (Wildman–Crippen LogP) is -0.127. The molecule has 0 aromatic rings. The largest absolute Gasteiger partial charge is 0.480 e. The van der Waals surface area contributed by atoms with Crippen LogP contribution in [0.15, 0.2) is 0 Å². The van der Waals surface area contributed by atoms with Crippen molar-refractivity contribution in [2.75, 3.05) is 46.7 Å². The number of carbonyl (C=O) groups is 1. The van der Waals surface area contributed by atoms with E-state index in [9.17, 15) is 9.90 Å². The van der Waals surface area contributed by atoms with Crippen LogP contribution in [0.3, 0.4) is 0 Å². The summed E-state index contributed by atoms with van der Waals surface area (Å²) in [5.41, 5.74) is -0.844. The van der Waals surface area contributed by atoms with Crippen molar-refractivity contribution >= 4 is 5.97 Å². The van der Waals surface area contributed by atoms with E-state index >= 15 is 0 Å². The van der Waals surface area contributed by atoms with Gasteiger partial charge in [0.05, 0.1) is 19.8 Å². The third kappa shape index (κ3) is 4.59. The summed E-state index contributed by atoms with van der Waals surface area (Å²) >= 11 is 0. The van der Waals surface area contributed by atoms with Gasteiger partial charge in [-0.2, -0.15) is 0 Å². The number of carboxylic acid groups (broad SMARTS) is 1. The summed E-state index contributed by atoms with van der Waals surface area (Å²) in [5, 5.41) is 12.3. The van der Waals surface area contributed by atoms with Gasteiger partial charge in [0.1, 0.15) is 5.54 Å². The van der Waals surface area contributed by atoms with E-state index in [-0.39, 0.29) is 0 Å². The number of hydrogen-bond donors (Lipinski definition) is 2. The van der Waals surface area contributed by atoms with Gasteiger partial charge in [0.25, 0.3) is 0 Å². The molecule has 0 unspecified atom stereocenters. The van der Waals surface area contributed by atoms with E-state index in [1.54, 1.807) is 7.11 Å². The third-order valence-electron chi connectivity index (χ3n) is 2.90.